The molecule has 276 valence electrons. The zero-order valence-corrected chi connectivity index (χ0v) is 29.6. The molecule has 1 aromatic rings. The molecule has 17 heteroatoms. The molecule has 2 aliphatic rings. The molecule has 2 unspecified atom stereocenters. The van der Waals surface area contributed by atoms with E-state index in [0.717, 1.165) is 0 Å². The first kappa shape index (κ1) is 40.1. The predicted molar refractivity (Wildman–Crippen MR) is 186 cm³/mol. The molecule has 3 rings (SSSR count). The molecule has 2 fully saturated rings. The number of likely N-dealkylation sites (N-methyl/N-ethyl adjacent to an activating group) is 1. The van der Waals surface area contributed by atoms with E-state index >= 15 is 0 Å². The van der Waals surface area contributed by atoms with Crippen molar-refractivity contribution in [3.8, 4) is 0 Å². The number of urea groups is 1. The van der Waals surface area contributed by atoms with Crippen LogP contribution in [0.5, 0.6) is 0 Å². The summed E-state index contributed by atoms with van der Waals surface area (Å²) in [5.41, 5.74) is 4.98. The summed E-state index contributed by atoms with van der Waals surface area (Å²) in [7, 11) is 3.14. The zero-order valence-electron chi connectivity index (χ0n) is 28.7. The van der Waals surface area contributed by atoms with Crippen LogP contribution >= 0.6 is 12.6 Å². The Morgan fingerprint density at radius 3 is 2.32 bits per heavy atom. The lowest BCUT2D eigenvalue weighted by Crippen LogP contribution is -2.58. The molecular weight excluding hydrogens is 670 g/mol. The zero-order chi connectivity index (χ0) is 36.7. The van der Waals surface area contributed by atoms with Crippen LogP contribution in [0, 0.1) is 5.41 Å². The van der Waals surface area contributed by atoms with Crippen molar-refractivity contribution in [2.75, 3.05) is 52.3 Å². The molecule has 0 spiro atoms. The van der Waals surface area contributed by atoms with Gasteiger partial charge in [0.25, 0.3) is 0 Å². The summed E-state index contributed by atoms with van der Waals surface area (Å²) in [5.74, 6) is -1.99. The maximum absolute atomic E-state index is 13.6. The molecule has 1 heterocycles. The second kappa shape index (κ2) is 19.7. The van der Waals surface area contributed by atoms with Crippen molar-refractivity contribution < 1.29 is 43.0 Å². The number of thiol groups is 1. The van der Waals surface area contributed by atoms with Gasteiger partial charge in [0.05, 0.1) is 11.9 Å². The Labute approximate surface area is 297 Å². The van der Waals surface area contributed by atoms with Crippen LogP contribution in [0.15, 0.2) is 24.3 Å². The number of imide groups is 1. The summed E-state index contributed by atoms with van der Waals surface area (Å²) < 4.78 is 10.3. The van der Waals surface area contributed by atoms with Crippen molar-refractivity contribution in [3.05, 3.63) is 29.8 Å². The molecule has 1 saturated heterocycles. The molecule has 1 aromatic carbocycles. The first-order valence-corrected chi connectivity index (χ1v) is 17.3. The van der Waals surface area contributed by atoms with E-state index in [1.54, 1.807) is 38.4 Å². The lowest BCUT2D eigenvalue weighted by molar-refractivity contribution is -0.151. The molecule has 0 radical (unpaired) electrons. The van der Waals surface area contributed by atoms with Gasteiger partial charge in [-0.2, -0.15) is 12.6 Å². The quantitative estimate of drug-likeness (QED) is 0.0494. The molecule has 16 nitrogen and oxygen atoms in total. The van der Waals surface area contributed by atoms with E-state index in [1.165, 1.54) is 9.80 Å². The fourth-order valence-corrected chi connectivity index (χ4v) is 5.80. The topological polar surface area (TPSA) is 219 Å². The third kappa shape index (κ3) is 11.6. The Balaban J connectivity index is 1.53. The van der Waals surface area contributed by atoms with E-state index < -0.39 is 46.6 Å². The number of primary amides is 1. The van der Waals surface area contributed by atoms with Crippen molar-refractivity contribution in [2.24, 2.45) is 11.1 Å². The minimum Gasteiger partial charge on any atom is -0.445 e. The molecular formula is C33H49N7O9S. The number of carbonyl (C=O) groups is 7. The van der Waals surface area contributed by atoms with Crippen LogP contribution in [0.1, 0.15) is 63.4 Å². The number of likely N-dealkylation sites (tertiary alicyclic amines) is 1. The molecule has 1 aliphatic carbocycles. The number of amides is 8. The van der Waals surface area contributed by atoms with Gasteiger partial charge in [0.1, 0.15) is 18.1 Å². The van der Waals surface area contributed by atoms with Crippen LogP contribution in [-0.4, -0.2) is 110 Å². The number of nitrogens with zero attached hydrogens (tertiary/aromatic N) is 2. The van der Waals surface area contributed by atoms with Gasteiger partial charge in [-0.15, -0.1) is 0 Å². The smallest absolute Gasteiger partial charge is 0.409 e. The van der Waals surface area contributed by atoms with Gasteiger partial charge in [0.2, 0.25) is 29.5 Å². The standard InChI is InChI=1S/C33H49N7O9S/c1-39(18-19-48-2)32(47)49-21-22-9-11-23(12-10-22)37-27(42)24(8-6-16-36-31(34)46)38-30(45)33(13-7-14-33)29(44)35-15-4-3-5-17-40-26(41)20-25(50)28(40)43/h9-12,24-25,50H,3-8,13-21H2,1-2H3,(H,35,44)(H,37,42)(H,38,45)(H3,34,36,46). The van der Waals surface area contributed by atoms with Gasteiger partial charge in [0.15, 0.2) is 0 Å². The van der Waals surface area contributed by atoms with Crippen molar-refractivity contribution in [1.29, 1.82) is 0 Å². The Hall–Kier alpha value is -4.38. The van der Waals surface area contributed by atoms with E-state index in [2.05, 4.69) is 33.9 Å². The lowest BCUT2D eigenvalue weighted by Gasteiger charge is -2.39. The van der Waals surface area contributed by atoms with Gasteiger partial charge in [-0.05, 0) is 62.6 Å². The van der Waals surface area contributed by atoms with Crippen LogP contribution in [-0.2, 0) is 40.1 Å². The Kier molecular flexibility index (Phi) is 15.8. The second-order valence-corrected chi connectivity index (χ2v) is 13.1. The van der Waals surface area contributed by atoms with Crippen LogP contribution < -0.4 is 27.0 Å². The van der Waals surface area contributed by atoms with Gasteiger partial charge in [-0.3, -0.25) is 28.9 Å². The first-order chi connectivity index (χ1) is 23.9. The van der Waals surface area contributed by atoms with E-state index in [0.29, 0.717) is 82.4 Å². The normalized spacial score (nSPS) is 16.9. The first-order valence-electron chi connectivity index (χ1n) is 16.8. The molecule has 0 bridgehead atoms. The highest BCUT2D eigenvalue weighted by Crippen LogP contribution is 2.41. The highest BCUT2D eigenvalue weighted by Gasteiger charge is 2.51. The van der Waals surface area contributed by atoms with Crippen molar-refractivity contribution in [1.82, 2.24) is 25.8 Å². The molecule has 6 N–H and O–H groups in total. The molecule has 50 heavy (non-hydrogen) atoms. The van der Waals surface area contributed by atoms with Crippen LogP contribution in [0.25, 0.3) is 0 Å². The van der Waals surface area contributed by atoms with E-state index in [1.807, 2.05) is 0 Å². The molecule has 2 atom stereocenters. The van der Waals surface area contributed by atoms with Crippen LogP contribution in [0.4, 0.5) is 15.3 Å². The Morgan fingerprint density at radius 1 is 1.02 bits per heavy atom. The summed E-state index contributed by atoms with van der Waals surface area (Å²) in [6, 6.07) is 4.94. The van der Waals surface area contributed by atoms with Gasteiger partial charge >= 0.3 is 12.1 Å². The molecule has 0 aromatic heterocycles. The largest absolute Gasteiger partial charge is 0.445 e. The fraction of sp³-hybridized carbons (Fsp3) is 0.606. The highest BCUT2D eigenvalue weighted by atomic mass is 32.1. The number of nitrogens with two attached hydrogens (primary N) is 1. The predicted octanol–water partition coefficient (Wildman–Crippen LogP) is 1.29. The lowest BCUT2D eigenvalue weighted by atomic mass is 9.67. The van der Waals surface area contributed by atoms with Crippen molar-refractivity contribution in [2.45, 2.75) is 75.7 Å². The number of rotatable bonds is 20. The highest BCUT2D eigenvalue weighted by molar-refractivity contribution is 7.81. The maximum Gasteiger partial charge on any atom is 0.409 e. The van der Waals surface area contributed by atoms with Gasteiger partial charge in [-0.25, -0.2) is 9.59 Å². The Morgan fingerprint density at radius 2 is 1.72 bits per heavy atom. The van der Waals surface area contributed by atoms with Crippen molar-refractivity contribution >= 4 is 60.0 Å². The molecule has 1 saturated carbocycles. The third-order valence-electron chi connectivity index (χ3n) is 8.76. The second-order valence-electron chi connectivity index (χ2n) is 12.5. The maximum atomic E-state index is 13.6. The molecule has 8 amide bonds. The summed E-state index contributed by atoms with van der Waals surface area (Å²) >= 11 is 4.12. The fourth-order valence-electron chi connectivity index (χ4n) is 5.50. The monoisotopic (exact) mass is 719 g/mol. The average Bonchev–Trinajstić information content (AvgIpc) is 3.30. The average molecular weight is 720 g/mol. The summed E-state index contributed by atoms with van der Waals surface area (Å²) in [6.07, 6.45) is 3.28. The van der Waals surface area contributed by atoms with Crippen LogP contribution in [0.2, 0.25) is 0 Å². The van der Waals surface area contributed by atoms with Gasteiger partial charge in [0, 0.05) is 52.4 Å². The SMILES string of the molecule is COCCN(C)C(=O)OCc1ccc(NC(=O)C(CCCNC(N)=O)NC(=O)C2(C(=O)NCCCCCN3C(=O)CC(S)C3=O)CCC2)cc1. The van der Waals surface area contributed by atoms with E-state index in [9.17, 15) is 33.6 Å². The van der Waals surface area contributed by atoms with E-state index in [-0.39, 0.29) is 37.8 Å². The Bertz CT molecular complexity index is 1370. The number of anilines is 1. The minimum atomic E-state index is -1.31. The minimum absolute atomic E-state index is 0.0253. The number of benzene rings is 1. The van der Waals surface area contributed by atoms with E-state index in [4.69, 9.17) is 15.2 Å². The number of unbranched alkanes of at least 4 members (excludes halogenated alkanes) is 2. The number of carbonyl (C=O) groups excluding carboxylic acids is 7. The number of hydrogen-bond donors (Lipinski definition) is 6. The number of methoxy groups -OCH3 is 1. The van der Waals surface area contributed by atoms with Gasteiger partial charge in [-0.1, -0.05) is 18.6 Å². The van der Waals surface area contributed by atoms with Gasteiger partial charge < -0.3 is 41.4 Å². The van der Waals surface area contributed by atoms with Crippen molar-refractivity contribution in [3.63, 3.8) is 0 Å². The summed E-state index contributed by atoms with van der Waals surface area (Å²) in [5, 5.41) is 10.3. The van der Waals surface area contributed by atoms with Crippen LogP contribution in [0.3, 0.4) is 0 Å². The number of nitrogens with one attached hydrogen (secondary N) is 4. The number of hydrogen-bond acceptors (Lipinski definition) is 10. The summed E-state index contributed by atoms with van der Waals surface area (Å²) in [4.78, 5) is 90.0. The number of ether oxygens (including phenoxy) is 2. The molecule has 1 aliphatic heterocycles. The third-order valence-corrected chi connectivity index (χ3v) is 9.16. The summed E-state index contributed by atoms with van der Waals surface area (Å²) in [6.45, 7) is 1.59.